The topological polar surface area (TPSA) is 41.9 Å². The third-order valence-corrected chi connectivity index (χ3v) is 5.12. The fourth-order valence-corrected chi connectivity index (χ4v) is 3.99. The van der Waals surface area contributed by atoms with E-state index in [1.54, 1.807) is 6.07 Å². The fraction of sp³-hybridized carbons (Fsp3) is 0.333. The molecule has 0 radical (unpaired) electrons. The van der Waals surface area contributed by atoms with Crippen molar-refractivity contribution in [2.24, 2.45) is 0 Å². The van der Waals surface area contributed by atoms with Crippen LogP contribution in [0, 0.1) is 0 Å². The molecule has 0 spiro atoms. The summed E-state index contributed by atoms with van der Waals surface area (Å²) in [7, 11) is 0. The van der Waals surface area contributed by atoms with Crippen LogP contribution >= 0.6 is 0 Å². The van der Waals surface area contributed by atoms with Gasteiger partial charge in [0.15, 0.2) is 11.5 Å². The first-order chi connectivity index (χ1) is 10.8. The largest absolute Gasteiger partial charge is 0.508 e. The third-order valence-electron chi connectivity index (χ3n) is 5.12. The zero-order chi connectivity index (χ0) is 14.7. The van der Waals surface area contributed by atoms with Crippen LogP contribution in [-0.4, -0.2) is 23.3 Å². The Bertz CT molecular complexity index is 771. The molecule has 22 heavy (non-hydrogen) atoms. The van der Waals surface area contributed by atoms with Crippen molar-refractivity contribution in [3.8, 4) is 17.2 Å². The van der Waals surface area contributed by atoms with Gasteiger partial charge in [-0.25, -0.2) is 0 Å². The van der Waals surface area contributed by atoms with Gasteiger partial charge in [0.1, 0.15) is 5.75 Å². The van der Waals surface area contributed by atoms with Gasteiger partial charge in [-0.15, -0.1) is 0 Å². The minimum atomic E-state index is 0.316. The van der Waals surface area contributed by atoms with Crippen molar-refractivity contribution in [2.75, 3.05) is 13.3 Å². The lowest BCUT2D eigenvalue weighted by molar-refractivity contribution is 0.159. The molecule has 112 valence electrons. The summed E-state index contributed by atoms with van der Waals surface area (Å²) in [5, 5.41) is 10.2. The van der Waals surface area contributed by atoms with Crippen molar-refractivity contribution in [1.29, 1.82) is 0 Å². The Morgan fingerprint density at radius 3 is 2.86 bits per heavy atom. The van der Waals surface area contributed by atoms with Crippen molar-refractivity contribution in [3.05, 3.63) is 52.6 Å². The smallest absolute Gasteiger partial charge is 0.231 e. The van der Waals surface area contributed by atoms with E-state index in [0.29, 0.717) is 18.6 Å². The maximum absolute atomic E-state index is 10.2. The number of nitrogens with zero attached hydrogens (tertiary/aromatic N) is 1. The number of benzene rings is 2. The molecule has 2 aromatic rings. The monoisotopic (exact) mass is 295 g/mol. The normalized spacial score (nSPS) is 21.9. The zero-order valence-corrected chi connectivity index (χ0v) is 12.2. The number of phenols is 1. The van der Waals surface area contributed by atoms with Crippen molar-refractivity contribution in [1.82, 2.24) is 4.90 Å². The van der Waals surface area contributed by atoms with Crippen molar-refractivity contribution in [3.63, 3.8) is 0 Å². The molecule has 3 heterocycles. The number of aromatic hydroxyl groups is 1. The van der Waals surface area contributed by atoms with Crippen LogP contribution in [0.5, 0.6) is 17.2 Å². The van der Waals surface area contributed by atoms with Crippen LogP contribution in [0.3, 0.4) is 0 Å². The molecule has 0 amide bonds. The molecule has 0 bridgehead atoms. The highest BCUT2D eigenvalue weighted by molar-refractivity contribution is 5.52. The molecular weight excluding hydrogens is 278 g/mol. The molecule has 3 aliphatic rings. The molecule has 0 aliphatic carbocycles. The lowest BCUT2D eigenvalue weighted by atomic mass is 9.83. The summed E-state index contributed by atoms with van der Waals surface area (Å²) in [5.41, 5.74) is 5.02. The summed E-state index contributed by atoms with van der Waals surface area (Å²) in [6, 6.07) is 10.4. The van der Waals surface area contributed by atoms with Gasteiger partial charge in [0.25, 0.3) is 0 Å². The second-order valence-corrected chi connectivity index (χ2v) is 6.26. The lowest BCUT2D eigenvalue weighted by Crippen LogP contribution is -2.39. The minimum absolute atomic E-state index is 0.316. The number of hydrogen-bond acceptors (Lipinski definition) is 4. The van der Waals surface area contributed by atoms with E-state index in [4.69, 9.17) is 9.47 Å². The van der Waals surface area contributed by atoms with E-state index in [1.165, 1.54) is 16.7 Å². The van der Waals surface area contributed by atoms with E-state index in [2.05, 4.69) is 23.1 Å². The van der Waals surface area contributed by atoms with Crippen LogP contribution in [0.15, 0.2) is 30.3 Å². The van der Waals surface area contributed by atoms with E-state index in [9.17, 15) is 5.11 Å². The first kappa shape index (κ1) is 12.4. The highest BCUT2D eigenvalue weighted by Gasteiger charge is 2.34. The van der Waals surface area contributed by atoms with Gasteiger partial charge in [-0.2, -0.15) is 0 Å². The molecule has 1 N–H and O–H groups in total. The maximum atomic E-state index is 10.2. The lowest BCUT2D eigenvalue weighted by Gasteiger charge is -2.41. The van der Waals surface area contributed by atoms with Gasteiger partial charge in [-0.05, 0) is 47.7 Å². The molecule has 4 heteroatoms. The van der Waals surface area contributed by atoms with E-state index in [0.717, 1.165) is 43.0 Å². The summed E-state index contributed by atoms with van der Waals surface area (Å²) in [6.45, 7) is 2.27. The predicted octanol–water partition coefficient (Wildman–Crippen LogP) is 2.78. The predicted molar refractivity (Wildman–Crippen MR) is 81.2 cm³/mol. The fourth-order valence-electron chi connectivity index (χ4n) is 3.99. The van der Waals surface area contributed by atoms with Crippen LogP contribution in [0.1, 0.15) is 28.3 Å². The Morgan fingerprint density at radius 1 is 1.09 bits per heavy atom. The summed E-state index contributed by atoms with van der Waals surface area (Å²) in [4.78, 5) is 2.51. The molecule has 1 atom stereocenters. The van der Waals surface area contributed by atoms with Gasteiger partial charge in [0, 0.05) is 24.7 Å². The van der Waals surface area contributed by atoms with Gasteiger partial charge < -0.3 is 14.6 Å². The van der Waals surface area contributed by atoms with Gasteiger partial charge in [-0.1, -0.05) is 12.1 Å². The van der Waals surface area contributed by atoms with Crippen LogP contribution in [0.4, 0.5) is 0 Å². The molecule has 5 rings (SSSR count). The van der Waals surface area contributed by atoms with Crippen LogP contribution in [0.2, 0.25) is 0 Å². The molecule has 0 saturated heterocycles. The van der Waals surface area contributed by atoms with Gasteiger partial charge in [0.2, 0.25) is 6.79 Å². The van der Waals surface area contributed by atoms with Crippen LogP contribution in [-0.2, 0) is 19.4 Å². The maximum Gasteiger partial charge on any atom is 0.231 e. The minimum Gasteiger partial charge on any atom is -0.508 e. The average Bonchev–Trinajstić information content (AvgIpc) is 2.99. The molecule has 0 saturated carbocycles. The first-order valence-electron chi connectivity index (χ1n) is 7.76. The number of hydrogen-bond donors (Lipinski definition) is 1. The second-order valence-electron chi connectivity index (χ2n) is 6.26. The van der Waals surface area contributed by atoms with Crippen molar-refractivity contribution < 1.29 is 14.6 Å². The molecule has 0 aromatic heterocycles. The Hall–Kier alpha value is -2.20. The summed E-state index contributed by atoms with van der Waals surface area (Å²) >= 11 is 0. The first-order valence-corrected chi connectivity index (χ1v) is 7.76. The average molecular weight is 295 g/mol. The summed E-state index contributed by atoms with van der Waals surface area (Å²) < 4.78 is 11.0. The summed E-state index contributed by atoms with van der Waals surface area (Å²) in [6.07, 6.45) is 1.89. The van der Waals surface area contributed by atoms with Gasteiger partial charge in [0.05, 0.1) is 0 Å². The Balaban J connectivity index is 1.61. The van der Waals surface area contributed by atoms with E-state index >= 15 is 0 Å². The highest BCUT2D eigenvalue weighted by Crippen LogP contribution is 2.44. The van der Waals surface area contributed by atoms with Crippen LogP contribution in [0.25, 0.3) is 0 Å². The molecule has 1 unspecified atom stereocenters. The van der Waals surface area contributed by atoms with Gasteiger partial charge in [-0.3, -0.25) is 4.90 Å². The number of fused-ring (bicyclic) bond motifs is 5. The Morgan fingerprint density at radius 2 is 1.95 bits per heavy atom. The van der Waals surface area contributed by atoms with E-state index in [-0.39, 0.29) is 0 Å². The third kappa shape index (κ3) is 1.67. The Kier molecular flexibility index (Phi) is 2.47. The SMILES string of the molecule is Oc1cccc2c1CC1c3cc4c(cc3CCN1C2)OCO4. The summed E-state index contributed by atoms with van der Waals surface area (Å²) in [5.74, 6) is 2.14. The Labute approximate surface area is 128 Å². The van der Waals surface area contributed by atoms with Crippen molar-refractivity contribution in [2.45, 2.75) is 25.4 Å². The van der Waals surface area contributed by atoms with Gasteiger partial charge >= 0.3 is 0 Å². The van der Waals surface area contributed by atoms with Crippen molar-refractivity contribution >= 4 is 0 Å². The number of phenolic OH excluding ortho intramolecular Hbond substituents is 1. The molecule has 4 nitrogen and oxygen atoms in total. The molecule has 2 aromatic carbocycles. The zero-order valence-electron chi connectivity index (χ0n) is 12.2. The van der Waals surface area contributed by atoms with Crippen LogP contribution < -0.4 is 9.47 Å². The molecular formula is C18H17NO3. The number of rotatable bonds is 0. The quantitative estimate of drug-likeness (QED) is 0.811. The molecule has 3 aliphatic heterocycles. The second kappa shape index (κ2) is 4.40. The molecule has 0 fully saturated rings. The highest BCUT2D eigenvalue weighted by atomic mass is 16.7. The standard InChI is InChI=1S/C18H17NO3/c20-16-3-1-2-12-9-19-5-4-11-6-17-18(22-10-21-17)8-13(11)15(19)7-14(12)16/h1-3,6,8,15,20H,4-5,7,9-10H2. The van der Waals surface area contributed by atoms with E-state index < -0.39 is 0 Å². The van der Waals surface area contributed by atoms with E-state index in [1.807, 2.05) is 6.07 Å². The number of ether oxygens (including phenoxy) is 2.